The summed E-state index contributed by atoms with van der Waals surface area (Å²) in [5.74, 6) is 0.811. The van der Waals surface area contributed by atoms with Crippen molar-refractivity contribution in [2.24, 2.45) is 5.10 Å². The molecule has 0 spiro atoms. The number of aryl methyl sites for hydroxylation is 1. The Bertz CT molecular complexity index is 825. The standard InChI is InChI=1S/C19H19N3OS/c1-3-14-7-9-16(10-8-14)18-13-24-19(21-18)22-20-12-15-5-4-6-17(11-15)23-2/h4-13H,3H2,1-2H3,(H,21,22). The van der Waals surface area contributed by atoms with Crippen LogP contribution in [0.3, 0.4) is 0 Å². The molecule has 122 valence electrons. The van der Waals surface area contributed by atoms with Gasteiger partial charge in [-0.05, 0) is 29.7 Å². The van der Waals surface area contributed by atoms with Crippen LogP contribution >= 0.6 is 11.3 Å². The maximum Gasteiger partial charge on any atom is 0.203 e. The van der Waals surface area contributed by atoms with Gasteiger partial charge in [-0.2, -0.15) is 5.10 Å². The van der Waals surface area contributed by atoms with Crippen LogP contribution in [-0.4, -0.2) is 18.3 Å². The number of hydrogen-bond acceptors (Lipinski definition) is 5. The van der Waals surface area contributed by atoms with Crippen molar-refractivity contribution in [2.75, 3.05) is 12.5 Å². The van der Waals surface area contributed by atoms with Crippen molar-refractivity contribution in [3.8, 4) is 17.0 Å². The number of nitrogens with zero attached hydrogens (tertiary/aromatic N) is 2. The molecule has 0 aliphatic carbocycles. The van der Waals surface area contributed by atoms with Crippen LogP contribution in [0.1, 0.15) is 18.1 Å². The fourth-order valence-electron chi connectivity index (χ4n) is 2.25. The summed E-state index contributed by atoms with van der Waals surface area (Å²) in [5.41, 5.74) is 7.35. The molecule has 0 radical (unpaired) electrons. The minimum absolute atomic E-state index is 0.767. The second-order valence-corrected chi connectivity index (χ2v) is 6.09. The van der Waals surface area contributed by atoms with E-state index < -0.39 is 0 Å². The fraction of sp³-hybridized carbons (Fsp3) is 0.158. The number of hydrazone groups is 1. The van der Waals surface area contributed by atoms with Crippen LogP contribution in [0.25, 0.3) is 11.3 Å². The van der Waals surface area contributed by atoms with Crippen LogP contribution < -0.4 is 10.2 Å². The highest BCUT2D eigenvalue weighted by molar-refractivity contribution is 7.14. The molecule has 1 N–H and O–H groups in total. The molecule has 3 rings (SSSR count). The first-order chi connectivity index (χ1) is 11.8. The van der Waals surface area contributed by atoms with E-state index in [0.717, 1.165) is 34.1 Å². The highest BCUT2D eigenvalue weighted by Crippen LogP contribution is 2.25. The third kappa shape index (κ3) is 4.00. The molecule has 0 aliphatic heterocycles. The summed E-state index contributed by atoms with van der Waals surface area (Å²) in [5, 5.41) is 7.04. The number of ether oxygens (including phenoxy) is 1. The highest BCUT2D eigenvalue weighted by Gasteiger charge is 2.03. The average molecular weight is 337 g/mol. The third-order valence-electron chi connectivity index (χ3n) is 3.63. The lowest BCUT2D eigenvalue weighted by molar-refractivity contribution is 0.415. The molecule has 1 aromatic heterocycles. The summed E-state index contributed by atoms with van der Waals surface area (Å²) < 4.78 is 5.20. The lowest BCUT2D eigenvalue weighted by Gasteiger charge is -2.00. The summed E-state index contributed by atoms with van der Waals surface area (Å²) >= 11 is 1.54. The van der Waals surface area contributed by atoms with Crippen LogP contribution in [-0.2, 0) is 6.42 Å². The van der Waals surface area contributed by atoms with Crippen molar-refractivity contribution >= 4 is 22.7 Å². The van der Waals surface area contributed by atoms with Crippen molar-refractivity contribution < 1.29 is 4.74 Å². The maximum atomic E-state index is 5.20. The minimum Gasteiger partial charge on any atom is -0.497 e. The summed E-state index contributed by atoms with van der Waals surface area (Å²) in [7, 11) is 1.65. The van der Waals surface area contributed by atoms with E-state index in [9.17, 15) is 0 Å². The van der Waals surface area contributed by atoms with E-state index in [-0.39, 0.29) is 0 Å². The number of aromatic nitrogens is 1. The Kier molecular flexibility index (Phi) is 5.23. The maximum absolute atomic E-state index is 5.20. The first-order valence-corrected chi connectivity index (χ1v) is 8.64. The quantitative estimate of drug-likeness (QED) is 0.518. The lowest BCUT2D eigenvalue weighted by atomic mass is 10.1. The zero-order valence-corrected chi connectivity index (χ0v) is 14.5. The molecular weight excluding hydrogens is 318 g/mol. The molecule has 4 nitrogen and oxygen atoms in total. The Hall–Kier alpha value is -2.66. The van der Waals surface area contributed by atoms with E-state index in [1.165, 1.54) is 16.9 Å². The number of nitrogens with one attached hydrogen (secondary N) is 1. The molecule has 24 heavy (non-hydrogen) atoms. The third-order valence-corrected chi connectivity index (χ3v) is 4.38. The largest absolute Gasteiger partial charge is 0.497 e. The Labute approximate surface area is 145 Å². The summed E-state index contributed by atoms with van der Waals surface area (Å²) in [6, 6.07) is 16.2. The van der Waals surface area contributed by atoms with Crippen LogP contribution in [0.4, 0.5) is 5.13 Å². The summed E-state index contributed by atoms with van der Waals surface area (Å²) in [6.45, 7) is 2.15. The lowest BCUT2D eigenvalue weighted by Crippen LogP contribution is -1.91. The van der Waals surface area contributed by atoms with Gasteiger partial charge in [0.25, 0.3) is 0 Å². The van der Waals surface area contributed by atoms with Gasteiger partial charge < -0.3 is 4.74 Å². The molecule has 0 saturated carbocycles. The molecule has 0 unspecified atom stereocenters. The number of hydrogen-bond donors (Lipinski definition) is 1. The number of thiazole rings is 1. The number of benzene rings is 2. The Morgan fingerprint density at radius 3 is 2.79 bits per heavy atom. The van der Waals surface area contributed by atoms with Gasteiger partial charge in [0.15, 0.2) is 0 Å². The van der Waals surface area contributed by atoms with Gasteiger partial charge in [-0.15, -0.1) is 11.3 Å². The van der Waals surface area contributed by atoms with Crippen LogP contribution in [0.2, 0.25) is 0 Å². The van der Waals surface area contributed by atoms with Gasteiger partial charge in [0.1, 0.15) is 5.75 Å². The molecule has 0 atom stereocenters. The first kappa shape index (κ1) is 16.2. The van der Waals surface area contributed by atoms with Crippen LogP contribution in [0.5, 0.6) is 5.75 Å². The Morgan fingerprint density at radius 2 is 2.04 bits per heavy atom. The molecule has 0 amide bonds. The van der Waals surface area contributed by atoms with E-state index in [0.29, 0.717) is 0 Å². The van der Waals surface area contributed by atoms with Crippen LogP contribution in [0.15, 0.2) is 59.0 Å². The van der Waals surface area contributed by atoms with E-state index >= 15 is 0 Å². The van der Waals surface area contributed by atoms with Crippen LogP contribution in [0, 0.1) is 0 Å². The minimum atomic E-state index is 0.767. The normalized spacial score (nSPS) is 10.9. The van der Waals surface area contributed by atoms with Crippen molar-refractivity contribution in [1.29, 1.82) is 0 Å². The Balaban J connectivity index is 1.66. The molecule has 0 aliphatic rings. The van der Waals surface area contributed by atoms with E-state index in [1.54, 1.807) is 13.3 Å². The van der Waals surface area contributed by atoms with Gasteiger partial charge in [0.05, 0.1) is 19.0 Å². The zero-order valence-electron chi connectivity index (χ0n) is 13.7. The second-order valence-electron chi connectivity index (χ2n) is 5.23. The molecular formula is C19H19N3OS. The smallest absolute Gasteiger partial charge is 0.203 e. The molecule has 2 aromatic carbocycles. The van der Waals surface area contributed by atoms with E-state index in [1.807, 2.05) is 29.6 Å². The molecule has 1 heterocycles. The molecule has 0 fully saturated rings. The summed E-state index contributed by atoms with van der Waals surface area (Å²) in [4.78, 5) is 4.57. The van der Waals surface area contributed by atoms with Crippen molar-refractivity contribution in [1.82, 2.24) is 4.98 Å². The fourth-order valence-corrected chi connectivity index (χ4v) is 2.92. The predicted molar refractivity (Wildman–Crippen MR) is 101 cm³/mol. The predicted octanol–water partition coefficient (Wildman–Crippen LogP) is 4.83. The van der Waals surface area contributed by atoms with Gasteiger partial charge >= 0.3 is 0 Å². The molecule has 3 aromatic rings. The van der Waals surface area contributed by atoms with Crippen molar-refractivity contribution in [3.05, 3.63) is 65.0 Å². The number of rotatable bonds is 6. The Morgan fingerprint density at radius 1 is 1.21 bits per heavy atom. The molecule has 5 heteroatoms. The number of methoxy groups -OCH3 is 1. The topological polar surface area (TPSA) is 46.5 Å². The van der Waals surface area contributed by atoms with Gasteiger partial charge in [0, 0.05) is 10.9 Å². The van der Waals surface area contributed by atoms with Crippen molar-refractivity contribution in [2.45, 2.75) is 13.3 Å². The SMILES string of the molecule is CCc1ccc(-c2csc(NN=Cc3cccc(OC)c3)n2)cc1. The van der Waals surface area contributed by atoms with Gasteiger partial charge in [-0.25, -0.2) is 4.98 Å². The second kappa shape index (κ2) is 7.75. The zero-order chi connectivity index (χ0) is 16.8. The number of anilines is 1. The molecule has 0 saturated heterocycles. The first-order valence-electron chi connectivity index (χ1n) is 7.76. The van der Waals surface area contributed by atoms with Gasteiger partial charge in [-0.3, -0.25) is 5.43 Å². The van der Waals surface area contributed by atoms with E-state index in [4.69, 9.17) is 4.74 Å². The summed E-state index contributed by atoms with van der Waals surface area (Å²) in [6.07, 6.45) is 2.79. The van der Waals surface area contributed by atoms with E-state index in [2.05, 4.69) is 46.7 Å². The van der Waals surface area contributed by atoms with Gasteiger partial charge in [-0.1, -0.05) is 43.3 Å². The monoisotopic (exact) mass is 337 g/mol. The molecule has 0 bridgehead atoms. The average Bonchev–Trinajstić information content (AvgIpc) is 3.11. The van der Waals surface area contributed by atoms with Crippen molar-refractivity contribution in [3.63, 3.8) is 0 Å². The van der Waals surface area contributed by atoms with Gasteiger partial charge in [0.2, 0.25) is 5.13 Å². The highest BCUT2D eigenvalue weighted by atomic mass is 32.1.